The molecule has 1 saturated heterocycles. The van der Waals surface area contributed by atoms with Crippen molar-refractivity contribution in [3.8, 4) is 5.40 Å². The SMILES string of the molecule is Cc1cc(SC#N)ccc1NC(=O)COC(=O)CS[C@@H]1CCS(=O)(=O)C1. The second kappa shape index (κ2) is 9.30. The van der Waals surface area contributed by atoms with Crippen LogP contribution in [0.3, 0.4) is 0 Å². The number of thioether (sulfide) groups is 2. The molecule has 1 aliphatic rings. The summed E-state index contributed by atoms with van der Waals surface area (Å²) in [5, 5.41) is 13.2. The van der Waals surface area contributed by atoms with Gasteiger partial charge in [-0.2, -0.15) is 5.26 Å². The van der Waals surface area contributed by atoms with Gasteiger partial charge >= 0.3 is 5.97 Å². The van der Waals surface area contributed by atoms with Crippen molar-refractivity contribution < 1.29 is 22.7 Å². The van der Waals surface area contributed by atoms with Crippen molar-refractivity contribution in [3.05, 3.63) is 23.8 Å². The Morgan fingerprint density at radius 3 is 2.81 bits per heavy atom. The highest BCUT2D eigenvalue weighted by Gasteiger charge is 2.28. The standard InChI is InChI=1S/C16H18N2O5S3/c1-11-6-12(25-10-17)2-3-14(11)18-15(19)7-23-16(20)8-24-13-4-5-26(21,22)9-13/h2-3,6,13H,4-5,7-9H2,1H3,(H,18,19)/t13-/m1/s1. The fourth-order valence-electron chi connectivity index (χ4n) is 2.34. The summed E-state index contributed by atoms with van der Waals surface area (Å²) in [5.41, 5.74) is 1.38. The molecule has 0 bridgehead atoms. The van der Waals surface area contributed by atoms with Gasteiger partial charge < -0.3 is 10.1 Å². The highest BCUT2D eigenvalue weighted by Crippen LogP contribution is 2.25. The number of nitriles is 1. The van der Waals surface area contributed by atoms with Gasteiger partial charge in [0, 0.05) is 15.8 Å². The van der Waals surface area contributed by atoms with Gasteiger partial charge in [0.2, 0.25) is 0 Å². The molecule has 0 radical (unpaired) electrons. The number of nitrogens with zero attached hydrogens (tertiary/aromatic N) is 1. The van der Waals surface area contributed by atoms with Crippen LogP contribution in [0.4, 0.5) is 5.69 Å². The summed E-state index contributed by atoms with van der Waals surface area (Å²) in [6, 6.07) is 5.18. The van der Waals surface area contributed by atoms with E-state index in [-0.39, 0.29) is 22.5 Å². The van der Waals surface area contributed by atoms with E-state index in [1.165, 1.54) is 11.8 Å². The lowest BCUT2D eigenvalue weighted by Gasteiger charge is -2.10. The fourth-order valence-corrected chi connectivity index (χ4v) is 6.26. The molecular formula is C16H18N2O5S3. The molecule has 0 saturated carbocycles. The Morgan fingerprint density at radius 2 is 2.19 bits per heavy atom. The number of anilines is 1. The molecule has 1 heterocycles. The molecular weight excluding hydrogens is 396 g/mol. The van der Waals surface area contributed by atoms with E-state index in [0.29, 0.717) is 12.1 Å². The van der Waals surface area contributed by atoms with E-state index in [2.05, 4.69) is 5.32 Å². The molecule has 7 nitrogen and oxygen atoms in total. The van der Waals surface area contributed by atoms with Gasteiger partial charge in [0.1, 0.15) is 5.40 Å². The van der Waals surface area contributed by atoms with Gasteiger partial charge in [-0.05, 0) is 48.9 Å². The largest absolute Gasteiger partial charge is 0.455 e. The molecule has 1 aromatic rings. The molecule has 1 aliphatic heterocycles. The Hall–Kier alpha value is -1.70. The average molecular weight is 415 g/mol. The monoisotopic (exact) mass is 414 g/mol. The van der Waals surface area contributed by atoms with E-state index in [9.17, 15) is 18.0 Å². The van der Waals surface area contributed by atoms with Gasteiger partial charge in [0.25, 0.3) is 5.91 Å². The van der Waals surface area contributed by atoms with Crippen molar-refractivity contribution >= 4 is 50.9 Å². The maximum Gasteiger partial charge on any atom is 0.316 e. The second-order valence-electron chi connectivity index (χ2n) is 5.71. The van der Waals surface area contributed by atoms with Crippen LogP contribution >= 0.6 is 23.5 Å². The topological polar surface area (TPSA) is 113 Å². The lowest BCUT2D eigenvalue weighted by Crippen LogP contribution is -2.22. The molecule has 26 heavy (non-hydrogen) atoms. The van der Waals surface area contributed by atoms with Crippen molar-refractivity contribution in [3.63, 3.8) is 0 Å². The number of esters is 1. The first-order chi connectivity index (χ1) is 12.3. The summed E-state index contributed by atoms with van der Waals surface area (Å²) in [6.45, 7) is 1.39. The quantitative estimate of drug-likeness (QED) is 0.409. The Morgan fingerprint density at radius 1 is 1.42 bits per heavy atom. The number of aryl methyl sites for hydroxylation is 1. The molecule has 0 aromatic heterocycles. The predicted octanol–water partition coefficient (Wildman–Crippen LogP) is 1.97. The summed E-state index contributed by atoms with van der Waals surface area (Å²) in [4.78, 5) is 24.4. The summed E-state index contributed by atoms with van der Waals surface area (Å²) in [5.74, 6) is -0.743. The zero-order valence-electron chi connectivity index (χ0n) is 14.1. The third kappa shape index (κ3) is 6.55. The molecule has 10 heteroatoms. The minimum atomic E-state index is -2.97. The van der Waals surface area contributed by atoms with Gasteiger partial charge in [-0.3, -0.25) is 9.59 Å². The van der Waals surface area contributed by atoms with Crippen molar-refractivity contribution in [2.45, 2.75) is 23.5 Å². The Labute approximate surface area is 160 Å². The van der Waals surface area contributed by atoms with E-state index in [4.69, 9.17) is 10.00 Å². The number of benzene rings is 1. The molecule has 1 aromatic carbocycles. The van der Waals surface area contributed by atoms with Crippen LogP contribution in [-0.2, 0) is 24.2 Å². The van der Waals surface area contributed by atoms with E-state index in [1.54, 1.807) is 25.1 Å². The fraction of sp³-hybridized carbons (Fsp3) is 0.438. The number of hydrogen-bond donors (Lipinski definition) is 1. The van der Waals surface area contributed by atoms with Crippen molar-refractivity contribution in [1.82, 2.24) is 0 Å². The summed E-state index contributed by atoms with van der Waals surface area (Å²) < 4.78 is 27.6. The third-order valence-corrected chi connectivity index (χ3v) is 7.46. The Kier molecular flexibility index (Phi) is 7.37. The van der Waals surface area contributed by atoms with Crippen LogP contribution in [0.2, 0.25) is 0 Å². The molecule has 0 spiro atoms. The minimum absolute atomic E-state index is 0.0204. The molecule has 1 amide bonds. The number of hydrogen-bond acceptors (Lipinski definition) is 8. The molecule has 140 valence electrons. The van der Waals surface area contributed by atoms with Crippen LogP contribution < -0.4 is 5.32 Å². The van der Waals surface area contributed by atoms with Crippen LogP contribution in [-0.4, -0.2) is 49.4 Å². The molecule has 0 unspecified atom stereocenters. The lowest BCUT2D eigenvalue weighted by molar-refractivity contribution is -0.144. The van der Waals surface area contributed by atoms with Gasteiger partial charge in [-0.15, -0.1) is 11.8 Å². The van der Waals surface area contributed by atoms with Crippen LogP contribution in [0, 0.1) is 17.6 Å². The van der Waals surface area contributed by atoms with Crippen LogP contribution in [0.5, 0.6) is 0 Å². The first kappa shape index (κ1) is 20.6. The maximum atomic E-state index is 11.9. The normalized spacial score (nSPS) is 18.1. The van der Waals surface area contributed by atoms with Crippen molar-refractivity contribution in [2.24, 2.45) is 0 Å². The van der Waals surface area contributed by atoms with Gasteiger partial charge in [0.05, 0.1) is 17.3 Å². The van der Waals surface area contributed by atoms with Crippen molar-refractivity contribution in [2.75, 3.05) is 29.2 Å². The van der Waals surface area contributed by atoms with Gasteiger partial charge in [-0.1, -0.05) is 0 Å². The van der Waals surface area contributed by atoms with Gasteiger partial charge in [0.15, 0.2) is 16.4 Å². The first-order valence-electron chi connectivity index (χ1n) is 7.73. The highest BCUT2D eigenvalue weighted by molar-refractivity contribution is 8.03. The number of ether oxygens (including phenoxy) is 1. The smallest absolute Gasteiger partial charge is 0.316 e. The third-order valence-electron chi connectivity index (χ3n) is 3.63. The predicted molar refractivity (Wildman–Crippen MR) is 102 cm³/mol. The van der Waals surface area contributed by atoms with Crippen LogP contribution in [0.15, 0.2) is 23.1 Å². The van der Waals surface area contributed by atoms with Gasteiger partial charge in [-0.25, -0.2) is 8.42 Å². The number of carbonyl (C=O) groups excluding carboxylic acids is 2. The van der Waals surface area contributed by atoms with Crippen LogP contribution in [0.1, 0.15) is 12.0 Å². The maximum absolute atomic E-state index is 11.9. The molecule has 1 N–H and O–H groups in total. The van der Waals surface area contributed by atoms with E-state index < -0.39 is 28.3 Å². The second-order valence-corrected chi connectivity index (χ2v) is 10.1. The Balaban J connectivity index is 1.73. The summed E-state index contributed by atoms with van der Waals surface area (Å²) in [6.07, 6.45) is 0.542. The van der Waals surface area contributed by atoms with E-state index in [0.717, 1.165) is 22.2 Å². The molecule has 2 rings (SSSR count). The number of nitrogens with one attached hydrogen (secondary N) is 1. The zero-order chi connectivity index (χ0) is 19.2. The number of sulfone groups is 1. The summed E-state index contributed by atoms with van der Waals surface area (Å²) in [7, 11) is -2.97. The van der Waals surface area contributed by atoms with Crippen molar-refractivity contribution in [1.29, 1.82) is 5.26 Å². The zero-order valence-corrected chi connectivity index (χ0v) is 16.5. The number of rotatable bonds is 7. The first-order valence-corrected chi connectivity index (χ1v) is 11.4. The Bertz CT molecular complexity index is 833. The van der Waals surface area contributed by atoms with E-state index >= 15 is 0 Å². The number of amides is 1. The number of thiocyanates is 1. The van der Waals surface area contributed by atoms with E-state index in [1.807, 2.05) is 5.40 Å². The number of carbonyl (C=O) groups is 2. The lowest BCUT2D eigenvalue weighted by atomic mass is 10.2. The molecule has 1 atom stereocenters. The van der Waals surface area contributed by atoms with Crippen LogP contribution in [0.25, 0.3) is 0 Å². The highest BCUT2D eigenvalue weighted by atomic mass is 32.2. The summed E-state index contributed by atoms with van der Waals surface area (Å²) >= 11 is 2.28. The minimum Gasteiger partial charge on any atom is -0.455 e. The molecule has 1 fully saturated rings. The average Bonchev–Trinajstić information content (AvgIpc) is 2.93. The molecule has 0 aliphatic carbocycles.